The largest absolute Gasteiger partial charge is 0.252 e. The Morgan fingerprint density at radius 1 is 0.952 bits per heavy atom. The van der Waals surface area contributed by atoms with E-state index >= 15 is 0 Å². The number of rotatable bonds is 9. The van der Waals surface area contributed by atoms with E-state index in [1.54, 1.807) is 0 Å². The lowest BCUT2D eigenvalue weighted by atomic mass is 10.1. The predicted molar refractivity (Wildman–Crippen MR) is 87.1 cm³/mol. The molecule has 0 fully saturated rings. The summed E-state index contributed by atoms with van der Waals surface area (Å²) in [5.41, 5.74) is 2.69. The summed E-state index contributed by atoms with van der Waals surface area (Å²) in [5.74, 6) is 0. The van der Waals surface area contributed by atoms with Gasteiger partial charge in [-0.05, 0) is 6.42 Å². The molecule has 0 aliphatic rings. The predicted octanol–water partition coefficient (Wildman–Crippen LogP) is 4.32. The van der Waals surface area contributed by atoms with Gasteiger partial charge in [0.1, 0.15) is 0 Å². The molecule has 0 atom stereocenters. The molecule has 2 heteroatoms. The van der Waals surface area contributed by atoms with Crippen LogP contribution in [0, 0.1) is 0 Å². The van der Waals surface area contributed by atoms with Crippen LogP contribution in [0.3, 0.4) is 0 Å². The van der Waals surface area contributed by atoms with Gasteiger partial charge in [0.2, 0.25) is 0 Å². The van der Waals surface area contributed by atoms with Crippen molar-refractivity contribution >= 4 is 0 Å². The topological polar surface area (TPSA) is 16.8 Å². The van der Waals surface area contributed by atoms with Crippen molar-refractivity contribution < 1.29 is 4.57 Å². The molecule has 0 aliphatic carbocycles. The lowest BCUT2D eigenvalue weighted by Gasteiger charge is -2.04. The first-order valence-electron chi connectivity index (χ1n) is 8.26. The average Bonchev–Trinajstić information content (AvgIpc) is 2.53. The normalized spacial score (nSPS) is 10.7. The van der Waals surface area contributed by atoms with Gasteiger partial charge in [0, 0.05) is 12.0 Å². The summed E-state index contributed by atoms with van der Waals surface area (Å²) in [4.78, 5) is 4.29. The highest BCUT2D eigenvalue weighted by Gasteiger charge is 2.10. The van der Waals surface area contributed by atoms with E-state index < -0.39 is 0 Å². The second-order valence-electron chi connectivity index (χ2n) is 5.70. The lowest BCUT2D eigenvalue weighted by Crippen LogP contribution is -2.38. The van der Waals surface area contributed by atoms with Crippen LogP contribution in [-0.4, -0.2) is 4.98 Å². The zero-order valence-corrected chi connectivity index (χ0v) is 13.2. The number of hydrogen-bond donors (Lipinski definition) is 0. The van der Waals surface area contributed by atoms with E-state index in [1.807, 2.05) is 12.4 Å². The van der Waals surface area contributed by atoms with E-state index in [0.29, 0.717) is 0 Å². The van der Waals surface area contributed by atoms with Crippen molar-refractivity contribution in [1.29, 1.82) is 0 Å². The molecule has 1 heterocycles. The van der Waals surface area contributed by atoms with Crippen molar-refractivity contribution in [3.05, 3.63) is 60.2 Å². The van der Waals surface area contributed by atoms with Crippen LogP contribution in [0.4, 0.5) is 0 Å². The molecule has 112 valence electrons. The first kappa shape index (κ1) is 15.7. The Bertz CT molecular complexity index is 508. The molecule has 0 amide bonds. The Balaban J connectivity index is 1.85. The maximum absolute atomic E-state index is 4.29. The van der Waals surface area contributed by atoms with E-state index in [1.165, 1.54) is 49.8 Å². The number of aryl methyl sites for hydroxylation is 1. The summed E-state index contributed by atoms with van der Waals surface area (Å²) in [6.45, 7) is 3.21. The fourth-order valence-corrected chi connectivity index (χ4v) is 2.65. The molecule has 2 aromatic rings. The van der Waals surface area contributed by atoms with Crippen molar-refractivity contribution in [3.63, 3.8) is 0 Å². The summed E-state index contributed by atoms with van der Waals surface area (Å²) in [5, 5.41) is 0. The van der Waals surface area contributed by atoms with Gasteiger partial charge < -0.3 is 0 Å². The molecular formula is C19H27N2+. The van der Waals surface area contributed by atoms with Crippen LogP contribution < -0.4 is 4.57 Å². The van der Waals surface area contributed by atoms with E-state index in [2.05, 4.69) is 53.0 Å². The van der Waals surface area contributed by atoms with Gasteiger partial charge in [0.25, 0.3) is 0 Å². The molecule has 2 nitrogen and oxygen atoms in total. The van der Waals surface area contributed by atoms with Gasteiger partial charge in [-0.3, -0.25) is 4.98 Å². The van der Waals surface area contributed by atoms with Gasteiger partial charge in [-0.1, -0.05) is 69.4 Å². The average molecular weight is 283 g/mol. The Hall–Kier alpha value is -1.70. The molecule has 0 N–H and O–H groups in total. The number of aromatic nitrogens is 2. The highest BCUT2D eigenvalue weighted by atomic mass is 15.0. The third kappa shape index (κ3) is 5.66. The number of benzene rings is 1. The molecule has 0 saturated carbocycles. The minimum atomic E-state index is 0.939. The third-order valence-corrected chi connectivity index (χ3v) is 3.91. The van der Waals surface area contributed by atoms with Crippen LogP contribution in [-0.2, 0) is 13.0 Å². The Morgan fingerprint density at radius 2 is 1.71 bits per heavy atom. The molecule has 0 unspecified atom stereocenters. The third-order valence-electron chi connectivity index (χ3n) is 3.91. The fraction of sp³-hybridized carbons (Fsp3) is 0.474. The second kappa shape index (κ2) is 9.28. The number of hydrogen-bond acceptors (Lipinski definition) is 1. The molecule has 0 aliphatic heterocycles. The first-order valence-corrected chi connectivity index (χ1v) is 8.26. The second-order valence-corrected chi connectivity index (χ2v) is 5.70. The lowest BCUT2D eigenvalue weighted by molar-refractivity contribution is -0.696. The van der Waals surface area contributed by atoms with Crippen LogP contribution in [0.2, 0.25) is 0 Å². The molecule has 0 bridgehead atoms. The van der Waals surface area contributed by atoms with E-state index in [9.17, 15) is 0 Å². The smallest absolute Gasteiger partial charge is 0.200 e. The summed E-state index contributed by atoms with van der Waals surface area (Å²) < 4.78 is 2.33. The summed E-state index contributed by atoms with van der Waals surface area (Å²) in [6, 6.07) is 10.6. The Labute approximate surface area is 128 Å². The van der Waals surface area contributed by atoms with Gasteiger partial charge >= 0.3 is 0 Å². The zero-order chi connectivity index (χ0) is 14.8. The van der Waals surface area contributed by atoms with Crippen molar-refractivity contribution in [2.24, 2.45) is 0 Å². The van der Waals surface area contributed by atoms with E-state index in [0.717, 1.165) is 13.0 Å². The maximum atomic E-state index is 4.29. The highest BCUT2D eigenvalue weighted by Crippen LogP contribution is 2.08. The molecular weight excluding hydrogens is 256 g/mol. The van der Waals surface area contributed by atoms with Crippen molar-refractivity contribution in [1.82, 2.24) is 4.98 Å². The van der Waals surface area contributed by atoms with Crippen LogP contribution in [0.25, 0.3) is 0 Å². The van der Waals surface area contributed by atoms with Crippen molar-refractivity contribution in [2.75, 3.05) is 0 Å². The van der Waals surface area contributed by atoms with Crippen LogP contribution in [0.15, 0.2) is 48.9 Å². The fourth-order valence-electron chi connectivity index (χ4n) is 2.65. The zero-order valence-electron chi connectivity index (χ0n) is 13.2. The molecule has 2 rings (SSSR count). The minimum absolute atomic E-state index is 0.939. The van der Waals surface area contributed by atoms with Crippen molar-refractivity contribution in [2.45, 2.75) is 58.4 Å². The van der Waals surface area contributed by atoms with E-state index in [4.69, 9.17) is 0 Å². The number of nitrogens with zero attached hydrogens (tertiary/aromatic N) is 2. The molecule has 0 saturated heterocycles. The highest BCUT2D eigenvalue weighted by molar-refractivity contribution is 5.13. The van der Waals surface area contributed by atoms with Crippen molar-refractivity contribution in [3.8, 4) is 0 Å². The van der Waals surface area contributed by atoms with Crippen LogP contribution in [0.5, 0.6) is 0 Å². The molecule has 0 spiro atoms. The van der Waals surface area contributed by atoms with Crippen LogP contribution in [0.1, 0.15) is 56.7 Å². The first-order chi connectivity index (χ1) is 10.4. The van der Waals surface area contributed by atoms with E-state index in [-0.39, 0.29) is 0 Å². The molecule has 21 heavy (non-hydrogen) atoms. The SMILES string of the molecule is CCCCCCCCc1cncc[n+]1Cc1ccccc1. The Morgan fingerprint density at radius 3 is 2.52 bits per heavy atom. The van der Waals surface area contributed by atoms with Crippen LogP contribution >= 0.6 is 0 Å². The van der Waals surface area contributed by atoms with Gasteiger partial charge in [0.05, 0.1) is 12.4 Å². The molecule has 1 aromatic heterocycles. The summed E-state index contributed by atoms with van der Waals surface area (Å²) in [6.07, 6.45) is 15.2. The maximum Gasteiger partial charge on any atom is 0.200 e. The minimum Gasteiger partial charge on any atom is -0.252 e. The molecule has 1 aromatic carbocycles. The van der Waals surface area contributed by atoms with Gasteiger partial charge in [0.15, 0.2) is 18.4 Å². The Kier molecular flexibility index (Phi) is 6.93. The summed E-state index contributed by atoms with van der Waals surface area (Å²) in [7, 11) is 0. The molecule has 0 radical (unpaired) electrons. The standard InChI is InChI=1S/C19H27N2/c1-2-3-4-5-6-10-13-19-16-20-14-15-21(19)17-18-11-8-7-9-12-18/h7-9,11-12,14-16H,2-6,10,13,17H2,1H3/q+1. The van der Waals surface area contributed by atoms with Gasteiger partial charge in [-0.2, -0.15) is 4.57 Å². The van der Waals surface area contributed by atoms with Gasteiger partial charge in [-0.15, -0.1) is 0 Å². The summed E-state index contributed by atoms with van der Waals surface area (Å²) >= 11 is 0. The monoisotopic (exact) mass is 283 g/mol. The number of unbranched alkanes of at least 4 members (excludes halogenated alkanes) is 5. The van der Waals surface area contributed by atoms with Gasteiger partial charge in [-0.25, -0.2) is 0 Å². The quantitative estimate of drug-likeness (QED) is 0.494.